The highest BCUT2D eigenvalue weighted by Crippen LogP contribution is 2.23. The largest absolute Gasteiger partial charge is 0.355 e. The van der Waals surface area contributed by atoms with Crippen molar-refractivity contribution in [1.29, 1.82) is 0 Å². The van der Waals surface area contributed by atoms with E-state index in [0.29, 0.717) is 19.1 Å². The Balaban J connectivity index is 1.89. The summed E-state index contributed by atoms with van der Waals surface area (Å²) in [6.45, 7) is 12.4. The van der Waals surface area contributed by atoms with Crippen molar-refractivity contribution < 1.29 is 8.42 Å². The van der Waals surface area contributed by atoms with Crippen molar-refractivity contribution in [2.45, 2.75) is 51.3 Å². The maximum atomic E-state index is 12.2. The molecule has 0 amide bonds. The number of rotatable bonds is 3. The average molecular weight is 359 g/mol. The fourth-order valence-electron chi connectivity index (χ4n) is 3.49. The highest BCUT2D eigenvalue weighted by Gasteiger charge is 2.41. The molecular weight excluding hydrogens is 324 g/mol. The minimum absolute atomic E-state index is 0.195. The number of aliphatic imine (C=N–C) groups is 1. The van der Waals surface area contributed by atoms with Crippen LogP contribution in [0.3, 0.4) is 0 Å². The van der Waals surface area contributed by atoms with Crippen molar-refractivity contribution in [1.82, 2.24) is 15.1 Å². The van der Waals surface area contributed by atoms with Gasteiger partial charge < -0.3 is 10.2 Å². The van der Waals surface area contributed by atoms with E-state index in [1.54, 1.807) is 20.9 Å². The Morgan fingerprint density at radius 2 is 1.92 bits per heavy atom. The molecule has 0 radical (unpaired) electrons. The Hall–Kier alpha value is -0.820. The first-order chi connectivity index (χ1) is 11.2. The molecule has 2 fully saturated rings. The summed E-state index contributed by atoms with van der Waals surface area (Å²) in [5.74, 6) is 1.85. The van der Waals surface area contributed by atoms with Gasteiger partial charge in [0.15, 0.2) is 15.8 Å². The Kier molecular flexibility index (Phi) is 6.18. The predicted molar refractivity (Wildman–Crippen MR) is 100 cm³/mol. The fraction of sp³-hybridized carbons (Fsp3) is 0.941. The summed E-state index contributed by atoms with van der Waals surface area (Å²) in [7, 11) is -1.25. The number of hydrogen-bond acceptors (Lipinski definition) is 4. The number of sulfone groups is 1. The third-order valence-electron chi connectivity index (χ3n) is 5.55. The van der Waals surface area contributed by atoms with Crippen LogP contribution in [0.4, 0.5) is 0 Å². The van der Waals surface area contributed by atoms with Crippen LogP contribution in [0.25, 0.3) is 0 Å². The second-order valence-corrected chi connectivity index (χ2v) is 10.7. The first-order valence-corrected chi connectivity index (χ1v) is 10.7. The van der Waals surface area contributed by atoms with Gasteiger partial charge in [-0.3, -0.25) is 9.89 Å². The van der Waals surface area contributed by atoms with E-state index in [1.807, 2.05) is 0 Å². The number of nitrogens with zero attached hydrogens (tertiary/aromatic N) is 3. The molecule has 24 heavy (non-hydrogen) atoms. The zero-order chi connectivity index (χ0) is 18.0. The van der Waals surface area contributed by atoms with Crippen LogP contribution < -0.4 is 5.32 Å². The van der Waals surface area contributed by atoms with Crippen molar-refractivity contribution in [3.05, 3.63) is 0 Å². The molecule has 6 nitrogen and oxygen atoms in total. The van der Waals surface area contributed by atoms with E-state index >= 15 is 0 Å². The topological polar surface area (TPSA) is 65.0 Å². The van der Waals surface area contributed by atoms with Crippen LogP contribution in [0, 0.1) is 5.92 Å². The molecule has 7 heteroatoms. The van der Waals surface area contributed by atoms with E-state index in [9.17, 15) is 8.42 Å². The highest BCUT2D eigenvalue weighted by atomic mass is 32.2. The van der Waals surface area contributed by atoms with Gasteiger partial charge in [-0.2, -0.15) is 0 Å². The van der Waals surface area contributed by atoms with Gasteiger partial charge in [-0.1, -0.05) is 6.92 Å². The number of hydrogen-bond donors (Lipinski definition) is 1. The van der Waals surface area contributed by atoms with E-state index in [2.05, 4.69) is 34.0 Å². The smallest absolute Gasteiger partial charge is 0.193 e. The van der Waals surface area contributed by atoms with Crippen molar-refractivity contribution in [3.8, 4) is 0 Å². The number of piperidine rings is 1. The average Bonchev–Trinajstić information content (AvgIpc) is 2.51. The first-order valence-electron chi connectivity index (χ1n) is 9.08. The van der Waals surface area contributed by atoms with Crippen molar-refractivity contribution in [3.63, 3.8) is 0 Å². The second-order valence-electron chi connectivity index (χ2n) is 8.00. The molecule has 140 valence electrons. The quantitative estimate of drug-likeness (QED) is 0.606. The molecule has 1 unspecified atom stereocenters. The molecule has 0 aromatic heterocycles. The lowest BCUT2D eigenvalue weighted by molar-refractivity contribution is 0.147. The molecule has 0 aromatic carbocycles. The van der Waals surface area contributed by atoms with Gasteiger partial charge in [-0.05, 0) is 52.6 Å². The van der Waals surface area contributed by atoms with Gasteiger partial charge in [0.1, 0.15) is 0 Å². The van der Waals surface area contributed by atoms with E-state index in [0.717, 1.165) is 31.5 Å². The van der Waals surface area contributed by atoms with Gasteiger partial charge in [-0.25, -0.2) is 8.42 Å². The van der Waals surface area contributed by atoms with Crippen molar-refractivity contribution >= 4 is 15.8 Å². The summed E-state index contributed by atoms with van der Waals surface area (Å²) >= 11 is 0. The molecule has 1 atom stereocenters. The summed E-state index contributed by atoms with van der Waals surface area (Å²) < 4.78 is 23.6. The molecule has 0 spiro atoms. The van der Waals surface area contributed by atoms with Crippen molar-refractivity contribution in [2.24, 2.45) is 10.9 Å². The fourth-order valence-corrected chi connectivity index (χ4v) is 4.86. The summed E-state index contributed by atoms with van der Waals surface area (Å²) in [5.41, 5.74) is 0. The standard InChI is InChI=1S/C17H34N4O2S/c1-14-6-8-20(9-7-14)15(2)12-19-16(18-5)21-10-11-24(22,23)17(3,4)13-21/h14-15H,6-13H2,1-5H3,(H,18,19). The van der Waals surface area contributed by atoms with Crippen LogP contribution in [0.2, 0.25) is 0 Å². The summed E-state index contributed by atoms with van der Waals surface area (Å²) in [6, 6.07) is 0.454. The SMILES string of the molecule is CN=C(NCC(C)N1CCC(C)CC1)N1CCS(=O)(=O)C(C)(C)C1. The zero-order valence-corrected chi connectivity index (χ0v) is 16.7. The predicted octanol–water partition coefficient (Wildman–Crippen LogP) is 1.19. The Labute approximate surface area is 147 Å². The summed E-state index contributed by atoms with van der Waals surface area (Å²) in [5, 5.41) is 3.45. The van der Waals surface area contributed by atoms with Crippen LogP contribution >= 0.6 is 0 Å². The number of likely N-dealkylation sites (tertiary alicyclic amines) is 1. The lowest BCUT2D eigenvalue weighted by Crippen LogP contribution is -2.58. The van der Waals surface area contributed by atoms with Gasteiger partial charge in [0, 0.05) is 32.7 Å². The number of nitrogens with one attached hydrogen (secondary N) is 1. The Morgan fingerprint density at radius 1 is 1.29 bits per heavy atom. The number of guanidine groups is 1. The van der Waals surface area contributed by atoms with Crippen LogP contribution in [0.1, 0.15) is 40.5 Å². The van der Waals surface area contributed by atoms with Crippen LogP contribution in [0.5, 0.6) is 0 Å². The van der Waals surface area contributed by atoms with Gasteiger partial charge in [0.2, 0.25) is 0 Å². The molecule has 0 aliphatic carbocycles. The van der Waals surface area contributed by atoms with E-state index < -0.39 is 14.6 Å². The second kappa shape index (κ2) is 7.60. The molecule has 0 saturated carbocycles. The molecule has 2 rings (SSSR count). The molecule has 2 saturated heterocycles. The zero-order valence-electron chi connectivity index (χ0n) is 15.9. The van der Waals surface area contributed by atoms with Gasteiger partial charge in [0.05, 0.1) is 10.5 Å². The molecular formula is C17H34N4O2S. The van der Waals surface area contributed by atoms with Crippen LogP contribution in [-0.2, 0) is 9.84 Å². The monoisotopic (exact) mass is 358 g/mol. The maximum absolute atomic E-state index is 12.2. The van der Waals surface area contributed by atoms with Gasteiger partial charge >= 0.3 is 0 Å². The minimum Gasteiger partial charge on any atom is -0.355 e. The molecule has 0 aromatic rings. The maximum Gasteiger partial charge on any atom is 0.193 e. The summed E-state index contributed by atoms with van der Waals surface area (Å²) in [4.78, 5) is 8.98. The lowest BCUT2D eigenvalue weighted by Gasteiger charge is -2.40. The molecule has 2 aliphatic heterocycles. The van der Waals surface area contributed by atoms with E-state index in [1.165, 1.54) is 12.8 Å². The third-order valence-corrected chi connectivity index (χ3v) is 8.08. The third kappa shape index (κ3) is 4.42. The molecule has 0 bridgehead atoms. The van der Waals surface area contributed by atoms with Crippen LogP contribution in [-0.4, -0.2) is 80.5 Å². The summed E-state index contributed by atoms with van der Waals surface area (Å²) in [6.07, 6.45) is 2.55. The Morgan fingerprint density at radius 3 is 2.46 bits per heavy atom. The van der Waals surface area contributed by atoms with E-state index in [4.69, 9.17) is 0 Å². The molecule has 2 aliphatic rings. The van der Waals surface area contributed by atoms with Crippen molar-refractivity contribution in [2.75, 3.05) is 45.5 Å². The van der Waals surface area contributed by atoms with E-state index in [-0.39, 0.29) is 5.75 Å². The highest BCUT2D eigenvalue weighted by molar-refractivity contribution is 7.92. The van der Waals surface area contributed by atoms with Gasteiger partial charge in [0.25, 0.3) is 0 Å². The van der Waals surface area contributed by atoms with Gasteiger partial charge in [-0.15, -0.1) is 0 Å². The van der Waals surface area contributed by atoms with Crippen LogP contribution in [0.15, 0.2) is 4.99 Å². The normalized spacial score (nSPS) is 27.0. The molecule has 1 N–H and O–H groups in total. The minimum atomic E-state index is -3.02. The first kappa shape index (κ1) is 19.5. The molecule has 2 heterocycles. The Bertz CT molecular complexity index is 551. The lowest BCUT2D eigenvalue weighted by atomic mass is 9.98.